The lowest BCUT2D eigenvalue weighted by Gasteiger charge is -2.25. The summed E-state index contributed by atoms with van der Waals surface area (Å²) in [6.07, 6.45) is 2.19. The van der Waals surface area contributed by atoms with E-state index >= 15 is 0 Å². The van der Waals surface area contributed by atoms with Crippen LogP contribution in [0.25, 0.3) is 0 Å². The summed E-state index contributed by atoms with van der Waals surface area (Å²) in [5.41, 5.74) is 11.8. The third-order valence-electron chi connectivity index (χ3n) is 2.94. The lowest BCUT2D eigenvalue weighted by Crippen LogP contribution is -2.39. The first-order chi connectivity index (χ1) is 7.47. The Hall–Kier alpha value is 0.0169. The van der Waals surface area contributed by atoms with Gasteiger partial charge in [0.2, 0.25) is 0 Å². The van der Waals surface area contributed by atoms with Crippen molar-refractivity contribution < 1.29 is 14.0 Å². The zero-order valence-electron chi connectivity index (χ0n) is 10.6. The van der Waals surface area contributed by atoms with Gasteiger partial charge in [0.05, 0.1) is 0 Å². The van der Waals surface area contributed by atoms with E-state index in [1.807, 2.05) is 6.55 Å². The molecular formula is C10H26N2O3Si. The first kappa shape index (κ1) is 16.0. The Morgan fingerprint density at radius 1 is 1.12 bits per heavy atom. The van der Waals surface area contributed by atoms with Gasteiger partial charge in [0.25, 0.3) is 0 Å². The Kier molecular flexibility index (Phi) is 8.17. The normalized spacial score (nSPS) is 16.1. The van der Waals surface area contributed by atoms with Crippen LogP contribution < -0.4 is 11.5 Å². The van der Waals surface area contributed by atoms with Crippen LogP contribution >= 0.6 is 0 Å². The van der Waals surface area contributed by atoms with Crippen LogP contribution in [0.1, 0.15) is 19.3 Å². The molecule has 0 aliphatic heterocycles. The fourth-order valence-corrected chi connectivity index (χ4v) is 3.00. The third-order valence-corrected chi connectivity index (χ3v) is 5.86. The predicted octanol–water partition coefficient (Wildman–Crippen LogP) is 0.168. The smallest absolute Gasteiger partial charge is 0.334 e. The molecule has 0 fully saturated rings. The lowest BCUT2D eigenvalue weighted by molar-refractivity contribution is 0.245. The molecule has 0 saturated heterocycles. The molecule has 5 N–H and O–H groups in total. The maximum atomic E-state index is 8.73. The van der Waals surface area contributed by atoms with Gasteiger partial charge < -0.3 is 25.4 Å². The summed E-state index contributed by atoms with van der Waals surface area (Å²) in [7, 11) is 1.36. The lowest BCUT2D eigenvalue weighted by atomic mass is 10.0. The summed E-state index contributed by atoms with van der Waals surface area (Å²) in [6.45, 7) is 2.14. The van der Waals surface area contributed by atoms with Gasteiger partial charge >= 0.3 is 8.56 Å². The number of rotatable bonds is 9. The Balaban J connectivity index is 3.83. The summed E-state index contributed by atoms with van der Waals surface area (Å²) in [4.78, 5) is 0. The molecule has 0 aliphatic carbocycles. The number of nitrogens with two attached hydrogens (primary N) is 2. The molecule has 0 heterocycles. The molecule has 0 aromatic rings. The molecule has 0 rings (SSSR count). The highest BCUT2D eigenvalue weighted by Crippen LogP contribution is 2.16. The molecule has 0 radical (unpaired) electrons. The summed E-state index contributed by atoms with van der Waals surface area (Å²) < 4.78 is 10.8. The fourth-order valence-electron chi connectivity index (χ4n) is 1.53. The van der Waals surface area contributed by atoms with Crippen molar-refractivity contribution in [3.63, 3.8) is 0 Å². The van der Waals surface area contributed by atoms with Crippen LogP contribution in [-0.2, 0) is 8.85 Å². The van der Waals surface area contributed by atoms with Crippen LogP contribution in [-0.4, -0.2) is 46.6 Å². The first-order valence-corrected chi connectivity index (χ1v) is 8.22. The van der Waals surface area contributed by atoms with Gasteiger partial charge in [-0.05, 0) is 31.9 Å². The van der Waals surface area contributed by atoms with Gasteiger partial charge in [-0.1, -0.05) is 0 Å². The number of hydrogen-bond acceptors (Lipinski definition) is 5. The largest absolute Gasteiger partial charge is 0.398 e. The van der Waals surface area contributed by atoms with Crippen molar-refractivity contribution in [1.29, 1.82) is 0 Å². The van der Waals surface area contributed by atoms with E-state index in [4.69, 9.17) is 25.4 Å². The monoisotopic (exact) mass is 250 g/mol. The third kappa shape index (κ3) is 6.57. The van der Waals surface area contributed by atoms with E-state index in [0.717, 1.165) is 18.9 Å². The van der Waals surface area contributed by atoms with Crippen molar-refractivity contribution in [3.8, 4) is 0 Å². The average Bonchev–Trinajstić information content (AvgIpc) is 2.26. The van der Waals surface area contributed by atoms with Crippen LogP contribution in [0.2, 0.25) is 12.6 Å². The van der Waals surface area contributed by atoms with Crippen LogP contribution in [0.15, 0.2) is 0 Å². The second-order valence-corrected chi connectivity index (χ2v) is 7.93. The summed E-state index contributed by atoms with van der Waals surface area (Å²) in [5.74, 6) is 0. The van der Waals surface area contributed by atoms with Crippen molar-refractivity contribution >= 4 is 8.56 Å². The van der Waals surface area contributed by atoms with Crippen molar-refractivity contribution in [2.75, 3.05) is 20.8 Å². The van der Waals surface area contributed by atoms with Crippen molar-refractivity contribution in [1.82, 2.24) is 0 Å². The summed E-state index contributed by atoms with van der Waals surface area (Å²) in [5, 5.41) is 8.73. The van der Waals surface area contributed by atoms with Crippen LogP contribution in [0.5, 0.6) is 0 Å². The van der Waals surface area contributed by atoms with Gasteiger partial charge in [-0.3, -0.25) is 0 Å². The Morgan fingerprint density at radius 3 is 2.06 bits per heavy atom. The molecule has 98 valence electrons. The van der Waals surface area contributed by atoms with E-state index < -0.39 is 8.56 Å². The number of aliphatic hydroxyl groups excluding tert-OH is 1. The molecule has 5 nitrogen and oxygen atoms in total. The van der Waals surface area contributed by atoms with E-state index in [0.29, 0.717) is 6.42 Å². The first-order valence-electron chi connectivity index (χ1n) is 5.69. The molecule has 0 spiro atoms. The van der Waals surface area contributed by atoms with Crippen molar-refractivity contribution in [3.05, 3.63) is 0 Å². The molecule has 0 aliphatic rings. The molecule has 6 heteroatoms. The van der Waals surface area contributed by atoms with E-state index in [-0.39, 0.29) is 18.7 Å². The van der Waals surface area contributed by atoms with Crippen molar-refractivity contribution in [2.24, 2.45) is 11.5 Å². The molecular weight excluding hydrogens is 224 g/mol. The second-order valence-electron chi connectivity index (χ2n) is 4.35. The quantitative estimate of drug-likeness (QED) is 0.507. The number of aliphatic hydroxyl groups is 1. The number of hydrogen-bond donors (Lipinski definition) is 3. The standard InChI is InChI=1S/C10H26N2O3Si/c1-14-16(3,15-2)7-5-10(12)8-9(11)4-6-13/h9-10,13H,4-8,11-12H2,1-3H3. The minimum absolute atomic E-state index is 0.0157. The molecule has 0 saturated carbocycles. The minimum Gasteiger partial charge on any atom is -0.398 e. The van der Waals surface area contributed by atoms with Crippen LogP contribution in [0.3, 0.4) is 0 Å². The molecule has 16 heavy (non-hydrogen) atoms. The summed E-state index contributed by atoms with van der Waals surface area (Å²) >= 11 is 0. The topological polar surface area (TPSA) is 90.7 Å². The van der Waals surface area contributed by atoms with Gasteiger partial charge in [-0.25, -0.2) is 0 Å². The molecule has 0 aromatic heterocycles. The average molecular weight is 250 g/mol. The highest BCUT2D eigenvalue weighted by Gasteiger charge is 2.29. The maximum Gasteiger partial charge on any atom is 0.334 e. The summed E-state index contributed by atoms with van der Waals surface area (Å²) in [6, 6.07) is 0.907. The fraction of sp³-hybridized carbons (Fsp3) is 1.00. The van der Waals surface area contributed by atoms with E-state index in [1.165, 1.54) is 0 Å². The van der Waals surface area contributed by atoms with Gasteiger partial charge in [0.1, 0.15) is 0 Å². The molecule has 2 atom stereocenters. The van der Waals surface area contributed by atoms with Crippen LogP contribution in [0, 0.1) is 0 Å². The van der Waals surface area contributed by atoms with Gasteiger partial charge in [-0.2, -0.15) is 0 Å². The zero-order valence-corrected chi connectivity index (χ0v) is 11.6. The highest BCUT2D eigenvalue weighted by atomic mass is 28.4. The van der Waals surface area contributed by atoms with Gasteiger partial charge in [-0.15, -0.1) is 0 Å². The van der Waals surface area contributed by atoms with Crippen molar-refractivity contribution in [2.45, 2.75) is 43.9 Å². The van der Waals surface area contributed by atoms with Gasteiger partial charge in [0, 0.05) is 32.9 Å². The SMILES string of the molecule is CO[Si](C)(CCC(N)CC(N)CCO)OC. The Labute approximate surface area is 99.4 Å². The van der Waals surface area contributed by atoms with E-state index in [9.17, 15) is 0 Å². The predicted molar refractivity (Wildman–Crippen MR) is 67.3 cm³/mol. The molecule has 0 amide bonds. The van der Waals surface area contributed by atoms with Gasteiger partial charge in [0.15, 0.2) is 0 Å². The van der Waals surface area contributed by atoms with Crippen LogP contribution in [0.4, 0.5) is 0 Å². The molecule has 0 bridgehead atoms. The minimum atomic E-state index is -2.00. The zero-order chi connectivity index (χ0) is 12.6. The van der Waals surface area contributed by atoms with E-state index in [1.54, 1.807) is 14.2 Å². The second kappa shape index (κ2) is 8.16. The van der Waals surface area contributed by atoms with E-state index in [2.05, 4.69) is 0 Å². The molecule has 0 aromatic carbocycles. The molecule has 2 unspecified atom stereocenters. The highest BCUT2D eigenvalue weighted by molar-refractivity contribution is 6.65. The Morgan fingerprint density at radius 2 is 1.62 bits per heavy atom. The maximum absolute atomic E-state index is 8.73. The Bertz CT molecular complexity index is 179.